The number of ether oxygens (including phenoxy) is 1. The van der Waals surface area contributed by atoms with Gasteiger partial charge in [0.1, 0.15) is 11.5 Å². The SMILES string of the molecule is CC(C)Oc1ccc(/C(O)=C2/C(=O)C(=O)N(C3CCCC3)C2c2ccncc2)cc1. The standard InChI is InChI=1S/C24H26N2O4/c1-15(2)30-19-9-7-17(8-10-19)22(27)20-21(16-11-13-25-14-12-16)26(24(29)23(20)28)18-5-3-4-6-18/h7-15,18,21,27H,3-6H2,1-2H3/b22-20-. The van der Waals surface area contributed by atoms with Crippen LogP contribution < -0.4 is 4.74 Å². The largest absolute Gasteiger partial charge is 0.507 e. The summed E-state index contributed by atoms with van der Waals surface area (Å²) in [5, 5.41) is 11.1. The van der Waals surface area contributed by atoms with Gasteiger partial charge in [-0.05, 0) is 68.7 Å². The Hall–Kier alpha value is -3.15. The second-order valence-electron chi connectivity index (χ2n) is 8.12. The van der Waals surface area contributed by atoms with Gasteiger partial charge in [-0.3, -0.25) is 14.6 Å². The van der Waals surface area contributed by atoms with Gasteiger partial charge in [0.25, 0.3) is 11.7 Å². The number of hydrogen-bond donors (Lipinski definition) is 1. The molecule has 6 nitrogen and oxygen atoms in total. The van der Waals surface area contributed by atoms with Crippen LogP contribution in [0, 0.1) is 0 Å². The molecule has 2 aromatic rings. The summed E-state index contributed by atoms with van der Waals surface area (Å²) in [6.45, 7) is 3.88. The summed E-state index contributed by atoms with van der Waals surface area (Å²) in [7, 11) is 0. The summed E-state index contributed by atoms with van der Waals surface area (Å²) in [4.78, 5) is 31.8. The van der Waals surface area contributed by atoms with Crippen LogP contribution in [-0.4, -0.2) is 38.8 Å². The first-order valence-electron chi connectivity index (χ1n) is 10.4. The molecule has 1 amide bonds. The Morgan fingerprint density at radius 2 is 1.70 bits per heavy atom. The first kappa shape index (κ1) is 20.1. The first-order chi connectivity index (χ1) is 14.5. The van der Waals surface area contributed by atoms with Gasteiger partial charge in [0, 0.05) is 24.0 Å². The number of aliphatic hydroxyl groups excluding tert-OH is 1. The number of aliphatic hydroxyl groups is 1. The Bertz CT molecular complexity index is 960. The molecule has 0 bridgehead atoms. The average molecular weight is 406 g/mol. The van der Waals surface area contributed by atoms with Crippen LogP contribution in [0.3, 0.4) is 0 Å². The van der Waals surface area contributed by atoms with E-state index in [1.807, 2.05) is 13.8 Å². The van der Waals surface area contributed by atoms with Gasteiger partial charge < -0.3 is 14.7 Å². The zero-order chi connectivity index (χ0) is 21.3. The van der Waals surface area contributed by atoms with E-state index in [4.69, 9.17) is 4.74 Å². The number of amides is 1. The zero-order valence-corrected chi connectivity index (χ0v) is 17.2. The van der Waals surface area contributed by atoms with E-state index >= 15 is 0 Å². The molecule has 6 heteroatoms. The number of Topliss-reactive ketones (excluding diaryl/α,β-unsaturated/α-hetero) is 1. The van der Waals surface area contributed by atoms with Gasteiger partial charge in [0.15, 0.2) is 0 Å². The van der Waals surface area contributed by atoms with Crippen molar-refractivity contribution < 1.29 is 19.4 Å². The highest BCUT2D eigenvalue weighted by Gasteiger charge is 2.49. The third-order valence-corrected chi connectivity index (χ3v) is 5.72. The third-order valence-electron chi connectivity index (χ3n) is 5.72. The third kappa shape index (κ3) is 3.70. The van der Waals surface area contributed by atoms with E-state index in [0.29, 0.717) is 11.3 Å². The molecule has 1 aliphatic heterocycles. The zero-order valence-electron chi connectivity index (χ0n) is 17.2. The van der Waals surface area contributed by atoms with E-state index < -0.39 is 17.7 Å². The van der Waals surface area contributed by atoms with Gasteiger partial charge in [-0.2, -0.15) is 0 Å². The van der Waals surface area contributed by atoms with Gasteiger partial charge in [0.05, 0.1) is 17.7 Å². The minimum atomic E-state index is -0.635. The summed E-state index contributed by atoms with van der Waals surface area (Å²) in [5.41, 5.74) is 1.39. The molecule has 1 N–H and O–H groups in total. The quantitative estimate of drug-likeness (QED) is 0.457. The predicted octanol–water partition coefficient (Wildman–Crippen LogP) is 4.23. The van der Waals surface area contributed by atoms with Crippen molar-refractivity contribution in [2.45, 2.75) is 57.7 Å². The number of carbonyl (C=O) groups is 2. The van der Waals surface area contributed by atoms with Crippen LogP contribution in [0.25, 0.3) is 5.76 Å². The molecule has 0 spiro atoms. The van der Waals surface area contributed by atoms with Gasteiger partial charge >= 0.3 is 0 Å². The van der Waals surface area contributed by atoms with Crippen molar-refractivity contribution in [3.05, 3.63) is 65.5 Å². The topological polar surface area (TPSA) is 79.7 Å². The molecule has 1 unspecified atom stereocenters. The molecule has 1 atom stereocenters. The second-order valence-corrected chi connectivity index (χ2v) is 8.12. The van der Waals surface area contributed by atoms with E-state index in [2.05, 4.69) is 4.98 Å². The van der Waals surface area contributed by atoms with E-state index in [1.165, 1.54) is 0 Å². The fourth-order valence-corrected chi connectivity index (χ4v) is 4.40. The molecular formula is C24H26N2O4. The highest BCUT2D eigenvalue weighted by molar-refractivity contribution is 6.46. The molecule has 4 rings (SSSR count). The van der Waals surface area contributed by atoms with E-state index in [0.717, 1.165) is 31.2 Å². The highest BCUT2D eigenvalue weighted by Crippen LogP contribution is 2.43. The Morgan fingerprint density at radius 1 is 1.07 bits per heavy atom. The van der Waals surface area contributed by atoms with Crippen LogP contribution in [0.4, 0.5) is 0 Å². The monoisotopic (exact) mass is 406 g/mol. The van der Waals surface area contributed by atoms with Gasteiger partial charge in [0.2, 0.25) is 0 Å². The summed E-state index contributed by atoms with van der Waals surface area (Å²) < 4.78 is 5.65. The molecule has 1 aromatic carbocycles. The summed E-state index contributed by atoms with van der Waals surface area (Å²) in [6.07, 6.45) is 7.13. The van der Waals surface area contributed by atoms with Crippen LogP contribution in [0.2, 0.25) is 0 Å². The molecule has 0 radical (unpaired) electrons. The van der Waals surface area contributed by atoms with E-state index in [1.54, 1.807) is 53.7 Å². The maximum absolute atomic E-state index is 13.0. The molecule has 1 saturated carbocycles. The molecular weight excluding hydrogens is 380 g/mol. The second kappa shape index (κ2) is 8.30. The number of pyridine rings is 1. The maximum Gasteiger partial charge on any atom is 0.295 e. The minimum Gasteiger partial charge on any atom is -0.507 e. The smallest absolute Gasteiger partial charge is 0.295 e. The van der Waals surface area contributed by atoms with Crippen LogP contribution in [0.15, 0.2) is 54.4 Å². The minimum absolute atomic E-state index is 0.00623. The lowest BCUT2D eigenvalue weighted by Gasteiger charge is -2.30. The molecule has 1 saturated heterocycles. The first-order valence-corrected chi connectivity index (χ1v) is 10.4. The predicted molar refractivity (Wildman–Crippen MR) is 113 cm³/mol. The van der Waals surface area contributed by atoms with Crippen LogP contribution in [-0.2, 0) is 9.59 Å². The van der Waals surface area contributed by atoms with Crippen molar-refractivity contribution in [3.63, 3.8) is 0 Å². The molecule has 1 aromatic heterocycles. The molecule has 2 fully saturated rings. The van der Waals surface area contributed by atoms with E-state index in [9.17, 15) is 14.7 Å². The van der Waals surface area contributed by atoms with Gasteiger partial charge in [-0.1, -0.05) is 12.8 Å². The number of benzene rings is 1. The Morgan fingerprint density at radius 3 is 2.30 bits per heavy atom. The van der Waals surface area contributed by atoms with Crippen LogP contribution in [0.1, 0.15) is 56.7 Å². The number of likely N-dealkylation sites (tertiary alicyclic amines) is 1. The number of ketones is 1. The van der Waals surface area contributed by atoms with Crippen molar-refractivity contribution in [2.75, 3.05) is 0 Å². The Kier molecular flexibility index (Phi) is 5.57. The lowest BCUT2D eigenvalue weighted by atomic mass is 9.95. The molecule has 156 valence electrons. The lowest BCUT2D eigenvalue weighted by molar-refractivity contribution is -0.141. The number of hydrogen-bond acceptors (Lipinski definition) is 5. The van der Waals surface area contributed by atoms with Gasteiger partial charge in [-0.25, -0.2) is 0 Å². The van der Waals surface area contributed by atoms with Crippen molar-refractivity contribution in [1.82, 2.24) is 9.88 Å². The highest BCUT2D eigenvalue weighted by atomic mass is 16.5. The van der Waals surface area contributed by atoms with Crippen molar-refractivity contribution in [2.24, 2.45) is 0 Å². The summed E-state index contributed by atoms with van der Waals surface area (Å²) in [6, 6.07) is 9.91. The number of aromatic nitrogens is 1. The maximum atomic E-state index is 13.0. The molecule has 2 aliphatic rings. The van der Waals surface area contributed by atoms with Crippen molar-refractivity contribution in [3.8, 4) is 5.75 Å². The summed E-state index contributed by atoms with van der Waals surface area (Å²) >= 11 is 0. The van der Waals surface area contributed by atoms with Crippen molar-refractivity contribution in [1.29, 1.82) is 0 Å². The molecule has 2 heterocycles. The molecule has 30 heavy (non-hydrogen) atoms. The van der Waals surface area contributed by atoms with Crippen molar-refractivity contribution >= 4 is 17.4 Å². The fraction of sp³-hybridized carbons (Fsp3) is 0.375. The normalized spacial score (nSPS) is 21.6. The lowest BCUT2D eigenvalue weighted by Crippen LogP contribution is -2.37. The Balaban J connectivity index is 1.79. The Labute approximate surface area is 176 Å². The number of carbonyl (C=O) groups excluding carboxylic acids is 2. The fourth-order valence-electron chi connectivity index (χ4n) is 4.40. The number of rotatable bonds is 5. The van der Waals surface area contributed by atoms with Gasteiger partial charge in [-0.15, -0.1) is 0 Å². The van der Waals surface area contributed by atoms with E-state index in [-0.39, 0.29) is 23.5 Å². The average Bonchev–Trinajstić information content (AvgIpc) is 3.35. The summed E-state index contributed by atoms with van der Waals surface area (Å²) in [5.74, 6) is -0.654. The van der Waals surface area contributed by atoms with Crippen LogP contribution in [0.5, 0.6) is 5.75 Å². The van der Waals surface area contributed by atoms with Crippen LogP contribution >= 0.6 is 0 Å². The number of nitrogens with zero attached hydrogens (tertiary/aromatic N) is 2. The molecule has 1 aliphatic carbocycles.